The lowest BCUT2D eigenvalue weighted by Gasteiger charge is -2.35. The van der Waals surface area contributed by atoms with Gasteiger partial charge >= 0.3 is 0 Å². The van der Waals surface area contributed by atoms with Gasteiger partial charge in [-0.05, 0) is 19.1 Å². The molecular weight excluding hydrogens is 174 g/mol. The summed E-state index contributed by atoms with van der Waals surface area (Å²) in [4.78, 5) is 0. The first-order valence-corrected chi connectivity index (χ1v) is 8.33. The van der Waals surface area contributed by atoms with E-state index < -0.39 is 8.24 Å². The van der Waals surface area contributed by atoms with Crippen molar-refractivity contribution in [2.45, 2.75) is 26.6 Å². The van der Waals surface area contributed by atoms with E-state index in [2.05, 4.69) is 61.5 Å². The fraction of sp³-hybridized carbons (Fsp3) is 0.455. The summed E-state index contributed by atoms with van der Waals surface area (Å²) in [5.41, 5.74) is 1.36. The number of anilines is 1. The van der Waals surface area contributed by atoms with Crippen LogP contribution in [0.25, 0.3) is 0 Å². The summed E-state index contributed by atoms with van der Waals surface area (Å²) in [6.07, 6.45) is 0. The summed E-state index contributed by atoms with van der Waals surface area (Å²) < 4.78 is 2.53. The minimum atomic E-state index is -1.19. The first-order valence-electron chi connectivity index (χ1n) is 4.88. The van der Waals surface area contributed by atoms with Crippen molar-refractivity contribution in [1.82, 2.24) is 0 Å². The zero-order valence-electron chi connectivity index (χ0n) is 9.04. The van der Waals surface area contributed by atoms with Gasteiger partial charge in [-0.2, -0.15) is 0 Å². The molecule has 0 aliphatic carbocycles. The number of hydrogen-bond donors (Lipinski definition) is 0. The van der Waals surface area contributed by atoms with Gasteiger partial charge in [-0.1, -0.05) is 37.8 Å². The van der Waals surface area contributed by atoms with Crippen molar-refractivity contribution in [2.75, 3.05) is 11.1 Å². The largest absolute Gasteiger partial charge is 0.398 e. The molecule has 0 heterocycles. The molecule has 1 nitrogen and oxygen atoms in total. The van der Waals surface area contributed by atoms with Crippen LogP contribution < -0.4 is 4.57 Å². The average Bonchev–Trinajstić information content (AvgIpc) is 2.05. The molecule has 0 N–H and O–H groups in total. The Morgan fingerprint density at radius 1 is 1.08 bits per heavy atom. The van der Waals surface area contributed by atoms with Gasteiger partial charge in [0.15, 0.2) is 0 Å². The minimum absolute atomic E-state index is 1.11. The molecular formula is C11H19NSi. The Kier molecular flexibility index (Phi) is 3.15. The standard InChI is InChI=1S/C11H19NSi/c1-5-12(13(2,3)4)11-9-7-6-8-10-11/h6-10H,5H2,1-4H3. The molecule has 0 amide bonds. The van der Waals surface area contributed by atoms with Crippen molar-refractivity contribution in [1.29, 1.82) is 0 Å². The number of hydrogen-bond acceptors (Lipinski definition) is 1. The maximum atomic E-state index is 2.53. The molecule has 1 aromatic rings. The molecule has 0 aliphatic heterocycles. The summed E-state index contributed by atoms with van der Waals surface area (Å²) in [6, 6.07) is 10.7. The van der Waals surface area contributed by atoms with E-state index >= 15 is 0 Å². The predicted molar refractivity (Wildman–Crippen MR) is 62.8 cm³/mol. The fourth-order valence-corrected chi connectivity index (χ4v) is 3.52. The zero-order chi connectivity index (χ0) is 9.90. The Labute approximate surface area is 82.5 Å². The van der Waals surface area contributed by atoms with Crippen LogP contribution in [0.1, 0.15) is 6.92 Å². The molecule has 0 atom stereocenters. The lowest BCUT2D eigenvalue weighted by Crippen LogP contribution is -2.46. The maximum absolute atomic E-state index is 2.53. The van der Waals surface area contributed by atoms with Crippen LogP contribution in [0.3, 0.4) is 0 Å². The molecule has 0 fully saturated rings. The van der Waals surface area contributed by atoms with Crippen LogP contribution in [0.4, 0.5) is 5.69 Å². The monoisotopic (exact) mass is 193 g/mol. The number of rotatable bonds is 3. The first-order chi connectivity index (χ1) is 6.05. The highest BCUT2D eigenvalue weighted by Gasteiger charge is 2.22. The molecule has 0 saturated heterocycles. The van der Waals surface area contributed by atoms with E-state index in [1.807, 2.05) is 0 Å². The molecule has 13 heavy (non-hydrogen) atoms. The van der Waals surface area contributed by atoms with Crippen molar-refractivity contribution < 1.29 is 0 Å². The molecule has 0 saturated carbocycles. The lowest BCUT2D eigenvalue weighted by atomic mass is 10.3. The normalized spacial score (nSPS) is 11.4. The van der Waals surface area contributed by atoms with Crippen molar-refractivity contribution in [3.05, 3.63) is 30.3 Å². The number of para-hydroxylation sites is 1. The molecule has 0 unspecified atom stereocenters. The van der Waals surface area contributed by atoms with Crippen molar-refractivity contribution >= 4 is 13.9 Å². The predicted octanol–water partition coefficient (Wildman–Crippen LogP) is 3.35. The van der Waals surface area contributed by atoms with Crippen LogP contribution in [0.15, 0.2) is 30.3 Å². The van der Waals surface area contributed by atoms with Crippen LogP contribution in [0.5, 0.6) is 0 Å². The Balaban J connectivity index is 2.92. The summed E-state index contributed by atoms with van der Waals surface area (Å²) in [6.45, 7) is 10.5. The quantitative estimate of drug-likeness (QED) is 0.665. The molecule has 0 spiro atoms. The van der Waals surface area contributed by atoms with Gasteiger partial charge in [-0.25, -0.2) is 0 Å². The summed E-state index contributed by atoms with van der Waals surface area (Å²) >= 11 is 0. The van der Waals surface area contributed by atoms with Crippen LogP contribution >= 0.6 is 0 Å². The second-order valence-electron chi connectivity index (χ2n) is 4.25. The van der Waals surface area contributed by atoms with Crippen molar-refractivity contribution in [3.8, 4) is 0 Å². The molecule has 1 rings (SSSR count). The van der Waals surface area contributed by atoms with Gasteiger partial charge in [0, 0.05) is 12.2 Å². The van der Waals surface area contributed by atoms with E-state index in [4.69, 9.17) is 0 Å². The Morgan fingerprint density at radius 3 is 2.00 bits per heavy atom. The van der Waals surface area contributed by atoms with E-state index in [0.29, 0.717) is 0 Å². The molecule has 2 heteroatoms. The van der Waals surface area contributed by atoms with Gasteiger partial charge in [-0.3, -0.25) is 0 Å². The first kappa shape index (κ1) is 10.3. The van der Waals surface area contributed by atoms with Crippen LogP contribution in [-0.4, -0.2) is 14.8 Å². The molecule has 0 aromatic heterocycles. The van der Waals surface area contributed by atoms with E-state index in [0.717, 1.165) is 6.54 Å². The van der Waals surface area contributed by atoms with E-state index in [1.54, 1.807) is 0 Å². The minimum Gasteiger partial charge on any atom is -0.398 e. The van der Waals surface area contributed by atoms with Crippen molar-refractivity contribution in [3.63, 3.8) is 0 Å². The van der Waals surface area contributed by atoms with Crippen molar-refractivity contribution in [2.24, 2.45) is 0 Å². The van der Waals surface area contributed by atoms with Gasteiger partial charge in [0.2, 0.25) is 0 Å². The fourth-order valence-electron chi connectivity index (χ4n) is 1.65. The molecule has 0 bridgehead atoms. The highest BCUT2D eigenvalue weighted by atomic mass is 28.3. The Hall–Kier alpha value is -0.763. The topological polar surface area (TPSA) is 3.24 Å². The Bertz CT molecular complexity index is 251. The summed E-state index contributed by atoms with van der Waals surface area (Å²) in [5, 5.41) is 0. The van der Waals surface area contributed by atoms with Gasteiger partial charge in [0.05, 0.1) is 0 Å². The van der Waals surface area contributed by atoms with E-state index in [1.165, 1.54) is 5.69 Å². The molecule has 1 aromatic carbocycles. The van der Waals surface area contributed by atoms with E-state index in [-0.39, 0.29) is 0 Å². The van der Waals surface area contributed by atoms with Crippen LogP contribution in [0.2, 0.25) is 19.6 Å². The number of benzene rings is 1. The van der Waals surface area contributed by atoms with Gasteiger partial charge in [0.25, 0.3) is 0 Å². The summed E-state index contributed by atoms with van der Waals surface area (Å²) in [7, 11) is -1.19. The average molecular weight is 193 g/mol. The second kappa shape index (κ2) is 3.96. The molecule has 72 valence electrons. The number of nitrogens with zero attached hydrogens (tertiary/aromatic N) is 1. The third-order valence-corrected chi connectivity index (χ3v) is 4.39. The molecule has 0 radical (unpaired) electrons. The summed E-state index contributed by atoms with van der Waals surface area (Å²) in [5.74, 6) is 0. The Morgan fingerprint density at radius 2 is 1.62 bits per heavy atom. The van der Waals surface area contributed by atoms with Crippen LogP contribution in [-0.2, 0) is 0 Å². The third-order valence-electron chi connectivity index (χ3n) is 2.19. The molecule has 0 aliphatic rings. The lowest BCUT2D eigenvalue weighted by molar-refractivity contribution is 1.05. The zero-order valence-corrected chi connectivity index (χ0v) is 10.0. The van der Waals surface area contributed by atoms with Gasteiger partial charge < -0.3 is 4.57 Å². The SMILES string of the molecule is CCN(c1ccccc1)[Si](C)(C)C. The highest BCUT2D eigenvalue weighted by molar-refractivity contribution is 6.79. The highest BCUT2D eigenvalue weighted by Crippen LogP contribution is 2.20. The third kappa shape index (κ3) is 2.59. The van der Waals surface area contributed by atoms with Crippen LogP contribution in [0, 0.1) is 0 Å². The van der Waals surface area contributed by atoms with Gasteiger partial charge in [-0.15, -0.1) is 0 Å². The van der Waals surface area contributed by atoms with E-state index in [9.17, 15) is 0 Å². The smallest absolute Gasteiger partial charge is 0.147 e. The second-order valence-corrected chi connectivity index (χ2v) is 9.13. The van der Waals surface area contributed by atoms with Gasteiger partial charge in [0.1, 0.15) is 8.24 Å². The maximum Gasteiger partial charge on any atom is 0.147 e.